The predicted octanol–water partition coefficient (Wildman–Crippen LogP) is 2.60. The van der Waals surface area contributed by atoms with Gasteiger partial charge in [0.05, 0.1) is 12.7 Å². The van der Waals surface area contributed by atoms with Crippen LogP contribution in [0.15, 0.2) is 53.0 Å². The van der Waals surface area contributed by atoms with Crippen molar-refractivity contribution < 1.29 is 19.1 Å². The van der Waals surface area contributed by atoms with E-state index >= 15 is 0 Å². The molecule has 0 heterocycles. The van der Waals surface area contributed by atoms with Gasteiger partial charge in [-0.1, -0.05) is 12.1 Å². The third-order valence-electron chi connectivity index (χ3n) is 3.14. The highest BCUT2D eigenvalue weighted by atomic mass is 79.9. The second-order valence-electron chi connectivity index (χ2n) is 4.77. The maximum atomic E-state index is 12.2. The Labute approximate surface area is 147 Å². The predicted molar refractivity (Wildman–Crippen MR) is 92.9 cm³/mol. The van der Waals surface area contributed by atoms with E-state index in [0.717, 1.165) is 0 Å². The summed E-state index contributed by atoms with van der Waals surface area (Å²) in [6.07, 6.45) is 0. The first-order valence-corrected chi connectivity index (χ1v) is 7.81. The molecule has 0 aromatic heterocycles. The average molecular weight is 391 g/mol. The Hall–Kier alpha value is -2.67. The molecule has 0 radical (unpaired) electrons. The molecule has 6 nitrogen and oxygen atoms in total. The van der Waals surface area contributed by atoms with Crippen molar-refractivity contribution in [3.05, 3.63) is 64.1 Å². The molecular weight excluding hydrogens is 376 g/mol. The minimum absolute atomic E-state index is 0.199. The number of nitrogens with one attached hydrogen (secondary N) is 2. The van der Waals surface area contributed by atoms with Gasteiger partial charge in [-0.3, -0.25) is 14.4 Å². The minimum Gasteiger partial charge on any atom is -0.468 e. The molecule has 2 aromatic rings. The van der Waals surface area contributed by atoms with Crippen LogP contribution in [-0.4, -0.2) is 31.4 Å². The quantitative estimate of drug-likeness (QED) is 0.768. The van der Waals surface area contributed by atoms with Gasteiger partial charge in [0.1, 0.15) is 6.54 Å². The summed E-state index contributed by atoms with van der Waals surface area (Å²) in [7, 11) is 1.25. The molecule has 2 N–H and O–H groups in total. The van der Waals surface area contributed by atoms with Crippen LogP contribution in [0.4, 0.5) is 5.69 Å². The van der Waals surface area contributed by atoms with Crippen LogP contribution < -0.4 is 10.6 Å². The Kier molecular flexibility index (Phi) is 6.08. The van der Waals surface area contributed by atoms with Gasteiger partial charge in [-0.15, -0.1) is 0 Å². The molecule has 124 valence electrons. The Morgan fingerprint density at radius 3 is 2.29 bits per heavy atom. The van der Waals surface area contributed by atoms with Gasteiger partial charge in [-0.2, -0.15) is 0 Å². The van der Waals surface area contributed by atoms with Gasteiger partial charge < -0.3 is 15.4 Å². The fraction of sp³-hybridized carbons (Fsp3) is 0.118. The van der Waals surface area contributed by atoms with Crippen LogP contribution in [0.2, 0.25) is 0 Å². The van der Waals surface area contributed by atoms with Crippen molar-refractivity contribution in [3.8, 4) is 0 Å². The van der Waals surface area contributed by atoms with Crippen molar-refractivity contribution >= 4 is 39.4 Å². The fourth-order valence-corrected chi connectivity index (χ4v) is 2.34. The van der Waals surface area contributed by atoms with Gasteiger partial charge in [0.25, 0.3) is 11.8 Å². The second-order valence-corrected chi connectivity index (χ2v) is 5.62. The Bertz CT molecular complexity index is 759. The van der Waals surface area contributed by atoms with Crippen molar-refractivity contribution in [2.45, 2.75) is 0 Å². The lowest BCUT2D eigenvalue weighted by atomic mass is 10.1. The zero-order chi connectivity index (χ0) is 17.5. The number of rotatable bonds is 5. The van der Waals surface area contributed by atoms with Gasteiger partial charge in [-0.05, 0) is 52.3 Å². The molecule has 0 aliphatic rings. The number of carbonyl (C=O) groups is 3. The van der Waals surface area contributed by atoms with Gasteiger partial charge >= 0.3 is 5.97 Å². The van der Waals surface area contributed by atoms with E-state index in [0.29, 0.717) is 21.3 Å². The standard InChI is InChI=1S/C17H15BrN2O4/c1-24-15(21)10-19-16(22)11-6-8-12(9-7-11)20-17(23)13-4-2-3-5-14(13)18/h2-9H,10H2,1H3,(H,19,22)(H,20,23). The van der Waals surface area contributed by atoms with Crippen LogP contribution in [0.25, 0.3) is 0 Å². The molecule has 0 unspecified atom stereocenters. The zero-order valence-corrected chi connectivity index (χ0v) is 14.4. The smallest absolute Gasteiger partial charge is 0.325 e. The molecule has 7 heteroatoms. The van der Waals surface area contributed by atoms with Crippen molar-refractivity contribution in [3.63, 3.8) is 0 Å². The highest BCUT2D eigenvalue weighted by molar-refractivity contribution is 9.10. The van der Waals surface area contributed by atoms with E-state index in [-0.39, 0.29) is 12.5 Å². The van der Waals surface area contributed by atoms with E-state index in [9.17, 15) is 14.4 Å². The van der Waals surface area contributed by atoms with E-state index in [1.54, 1.807) is 42.5 Å². The zero-order valence-electron chi connectivity index (χ0n) is 12.8. The van der Waals surface area contributed by atoms with E-state index in [2.05, 4.69) is 31.3 Å². The molecule has 0 aliphatic heterocycles. The number of methoxy groups -OCH3 is 1. The van der Waals surface area contributed by atoms with E-state index in [4.69, 9.17) is 0 Å². The molecule has 0 fully saturated rings. The van der Waals surface area contributed by atoms with E-state index in [1.165, 1.54) is 7.11 Å². The summed E-state index contributed by atoms with van der Waals surface area (Å²) >= 11 is 3.32. The topological polar surface area (TPSA) is 84.5 Å². The van der Waals surface area contributed by atoms with Crippen LogP contribution in [0.3, 0.4) is 0 Å². The first-order valence-electron chi connectivity index (χ1n) is 7.02. The number of anilines is 1. The first-order chi connectivity index (χ1) is 11.5. The van der Waals surface area contributed by atoms with Crippen molar-refractivity contribution in [2.24, 2.45) is 0 Å². The summed E-state index contributed by atoms with van der Waals surface area (Å²) in [5.74, 6) is -1.19. The Morgan fingerprint density at radius 1 is 1.00 bits per heavy atom. The number of ether oxygens (including phenoxy) is 1. The summed E-state index contributed by atoms with van der Waals surface area (Å²) in [5.41, 5.74) is 1.44. The summed E-state index contributed by atoms with van der Waals surface area (Å²) in [6.45, 7) is -0.199. The highest BCUT2D eigenvalue weighted by Gasteiger charge is 2.11. The van der Waals surface area contributed by atoms with Crippen LogP contribution in [0.5, 0.6) is 0 Å². The van der Waals surface area contributed by atoms with Gasteiger partial charge in [0.15, 0.2) is 0 Å². The Morgan fingerprint density at radius 2 is 1.67 bits per heavy atom. The minimum atomic E-state index is -0.527. The summed E-state index contributed by atoms with van der Waals surface area (Å²) < 4.78 is 5.14. The normalized spacial score (nSPS) is 9.92. The summed E-state index contributed by atoms with van der Waals surface area (Å²) in [5, 5.41) is 5.19. The number of hydrogen-bond donors (Lipinski definition) is 2. The van der Waals surface area contributed by atoms with Gasteiger partial charge in [-0.25, -0.2) is 0 Å². The number of carbonyl (C=O) groups excluding carboxylic acids is 3. The molecule has 0 atom stereocenters. The molecule has 2 aromatic carbocycles. The second kappa shape index (κ2) is 8.26. The first kappa shape index (κ1) is 17.7. The highest BCUT2D eigenvalue weighted by Crippen LogP contribution is 2.18. The SMILES string of the molecule is COC(=O)CNC(=O)c1ccc(NC(=O)c2ccccc2Br)cc1. The number of halogens is 1. The maximum Gasteiger partial charge on any atom is 0.325 e. The summed E-state index contributed by atoms with van der Waals surface area (Å²) in [4.78, 5) is 35.0. The number of amides is 2. The molecule has 0 saturated heterocycles. The van der Waals surface area contributed by atoms with Crippen LogP contribution in [0, 0.1) is 0 Å². The largest absolute Gasteiger partial charge is 0.468 e. The van der Waals surface area contributed by atoms with Crippen molar-refractivity contribution in [2.75, 3.05) is 19.0 Å². The molecule has 0 aliphatic carbocycles. The third kappa shape index (κ3) is 4.66. The molecular formula is C17H15BrN2O4. The fourth-order valence-electron chi connectivity index (χ4n) is 1.88. The number of esters is 1. The Balaban J connectivity index is 1.99. The third-order valence-corrected chi connectivity index (χ3v) is 3.84. The van der Waals surface area contributed by atoms with Crippen molar-refractivity contribution in [1.29, 1.82) is 0 Å². The van der Waals surface area contributed by atoms with Gasteiger partial charge in [0.2, 0.25) is 0 Å². The molecule has 0 spiro atoms. The summed E-state index contributed by atoms with van der Waals surface area (Å²) in [6, 6.07) is 13.4. The lowest BCUT2D eigenvalue weighted by molar-refractivity contribution is -0.139. The van der Waals surface area contributed by atoms with E-state index in [1.807, 2.05) is 6.07 Å². The van der Waals surface area contributed by atoms with Crippen LogP contribution in [0.1, 0.15) is 20.7 Å². The molecule has 0 bridgehead atoms. The van der Waals surface area contributed by atoms with E-state index < -0.39 is 11.9 Å². The molecule has 2 rings (SSSR count). The number of hydrogen-bond acceptors (Lipinski definition) is 4. The lowest BCUT2D eigenvalue weighted by Gasteiger charge is -2.08. The molecule has 2 amide bonds. The maximum absolute atomic E-state index is 12.2. The molecule has 24 heavy (non-hydrogen) atoms. The van der Waals surface area contributed by atoms with Crippen molar-refractivity contribution in [1.82, 2.24) is 5.32 Å². The monoisotopic (exact) mass is 390 g/mol. The number of benzene rings is 2. The molecule has 0 saturated carbocycles. The average Bonchev–Trinajstić information content (AvgIpc) is 2.60. The van der Waals surface area contributed by atoms with Gasteiger partial charge in [0, 0.05) is 15.7 Å². The lowest BCUT2D eigenvalue weighted by Crippen LogP contribution is -2.30. The van der Waals surface area contributed by atoms with Crippen LogP contribution in [-0.2, 0) is 9.53 Å². The van der Waals surface area contributed by atoms with Crippen LogP contribution >= 0.6 is 15.9 Å².